The lowest BCUT2D eigenvalue weighted by Gasteiger charge is -2.34. The number of nitrogens with one attached hydrogen (secondary N) is 1. The Morgan fingerprint density at radius 2 is 1.76 bits per heavy atom. The first-order chi connectivity index (χ1) is 21.1. The molecule has 1 spiro atoms. The lowest BCUT2D eigenvalue weighted by atomic mass is 9.82. The van der Waals surface area contributed by atoms with E-state index in [9.17, 15) is 22.8 Å². The monoisotopic (exact) mass is 643 g/mol. The van der Waals surface area contributed by atoms with Gasteiger partial charge in [-0.25, -0.2) is 13.2 Å². The molecule has 2 amide bonds. The number of carbonyl (C=O) groups is 3. The van der Waals surface area contributed by atoms with Crippen LogP contribution in [0.4, 0.5) is 10.5 Å². The fourth-order valence-electron chi connectivity index (χ4n) is 6.35. The molecule has 3 heterocycles. The van der Waals surface area contributed by atoms with Crippen LogP contribution in [-0.4, -0.2) is 85.5 Å². The second kappa shape index (κ2) is 12.8. The molecule has 0 atom stereocenters. The van der Waals surface area contributed by atoms with Crippen molar-refractivity contribution in [2.75, 3.05) is 37.6 Å². The molecule has 2 saturated heterocycles. The molecule has 246 valence electrons. The summed E-state index contributed by atoms with van der Waals surface area (Å²) in [4.78, 5) is 49.4. The number of amidine groups is 1. The third kappa shape index (κ3) is 7.75. The predicted octanol–water partition coefficient (Wildman–Crippen LogP) is 4.00. The summed E-state index contributed by atoms with van der Waals surface area (Å²) in [7, 11) is -3.72. The van der Waals surface area contributed by atoms with Crippen molar-refractivity contribution in [2.24, 2.45) is 16.8 Å². The summed E-state index contributed by atoms with van der Waals surface area (Å²) in [6.45, 7) is 10.3. The van der Waals surface area contributed by atoms with Gasteiger partial charge in [-0.2, -0.15) is 4.31 Å². The van der Waals surface area contributed by atoms with Gasteiger partial charge in [0.1, 0.15) is 23.5 Å². The zero-order chi connectivity index (χ0) is 32.6. The first-order valence-corrected chi connectivity index (χ1v) is 17.3. The third-order valence-electron chi connectivity index (χ3n) is 9.07. The summed E-state index contributed by atoms with van der Waals surface area (Å²) >= 11 is 0. The number of ether oxygens (including phenoxy) is 1. The van der Waals surface area contributed by atoms with E-state index in [4.69, 9.17) is 14.6 Å². The zero-order valence-corrected chi connectivity index (χ0v) is 27.7. The van der Waals surface area contributed by atoms with Gasteiger partial charge in [-0.3, -0.25) is 14.6 Å². The van der Waals surface area contributed by atoms with Crippen LogP contribution in [0.3, 0.4) is 0 Å². The maximum atomic E-state index is 13.2. The quantitative estimate of drug-likeness (QED) is 0.460. The number of hydrogen-bond acceptors (Lipinski definition) is 9. The number of carbonyl (C=O) groups excluding carboxylic acids is 3. The van der Waals surface area contributed by atoms with E-state index in [2.05, 4.69) is 12.2 Å². The summed E-state index contributed by atoms with van der Waals surface area (Å²) in [6, 6.07) is 5.39. The SMILES string of the molecule is Cc1cc(N2CCN(OC(=O)OC(C)(C)C)CC2=O)ccc1/C=C/S(=O)(=O)N1CCC2(CC1)N=C(C1CCC(C)CC1)NC2=O. The molecular formula is C32H45N5O7S. The standard InChI is InChI=1S/C32H45N5O7S/c1-22-6-8-25(9-7-22)28-33-29(39)32(34-28)13-15-36(16-14-32)45(41,42)19-12-24-10-11-26(20-23(24)2)37-18-17-35(21-27(37)38)44-30(40)43-31(3,4)5/h10-12,19-20,22,25H,6-9,13-18,21H2,1-5H3,(H,33,34,39)/b19-12+. The van der Waals surface area contributed by atoms with Crippen molar-refractivity contribution in [3.63, 3.8) is 0 Å². The Labute approximate surface area is 265 Å². The zero-order valence-electron chi connectivity index (χ0n) is 26.9. The Bertz CT molecular complexity index is 1480. The highest BCUT2D eigenvalue weighted by Gasteiger charge is 2.48. The highest BCUT2D eigenvalue weighted by atomic mass is 32.2. The summed E-state index contributed by atoms with van der Waals surface area (Å²) in [5.41, 5.74) is 0.617. The number of rotatable bonds is 6. The van der Waals surface area contributed by atoms with Crippen LogP contribution in [0.2, 0.25) is 0 Å². The lowest BCUT2D eigenvalue weighted by molar-refractivity contribution is -0.158. The van der Waals surface area contributed by atoms with Crippen LogP contribution in [-0.2, 0) is 29.2 Å². The normalized spacial score (nSPS) is 25.0. The van der Waals surface area contributed by atoms with Crippen molar-refractivity contribution in [1.29, 1.82) is 0 Å². The van der Waals surface area contributed by atoms with E-state index in [0.717, 1.165) is 37.1 Å². The van der Waals surface area contributed by atoms with Crippen LogP contribution in [0.25, 0.3) is 6.08 Å². The van der Waals surface area contributed by atoms with Crippen molar-refractivity contribution in [1.82, 2.24) is 14.7 Å². The van der Waals surface area contributed by atoms with E-state index in [1.807, 2.05) is 13.0 Å². The van der Waals surface area contributed by atoms with Crippen LogP contribution in [0, 0.1) is 18.8 Å². The van der Waals surface area contributed by atoms with Gasteiger partial charge >= 0.3 is 6.16 Å². The number of amides is 2. The molecule has 45 heavy (non-hydrogen) atoms. The average molecular weight is 644 g/mol. The largest absolute Gasteiger partial charge is 0.528 e. The molecule has 1 aliphatic carbocycles. The molecule has 1 aromatic carbocycles. The maximum absolute atomic E-state index is 13.2. The van der Waals surface area contributed by atoms with Gasteiger partial charge in [0.15, 0.2) is 0 Å². The van der Waals surface area contributed by atoms with Crippen molar-refractivity contribution < 1.29 is 32.4 Å². The molecule has 0 bridgehead atoms. The number of benzene rings is 1. The topological polar surface area (TPSA) is 138 Å². The number of aryl methyl sites for hydroxylation is 1. The molecule has 3 fully saturated rings. The smallest absolute Gasteiger partial charge is 0.427 e. The van der Waals surface area contributed by atoms with Crippen LogP contribution < -0.4 is 10.2 Å². The van der Waals surface area contributed by atoms with E-state index >= 15 is 0 Å². The summed E-state index contributed by atoms with van der Waals surface area (Å²) < 4.78 is 33.0. The second-order valence-corrected chi connectivity index (χ2v) is 15.5. The van der Waals surface area contributed by atoms with Gasteiger partial charge in [-0.15, -0.1) is 5.06 Å². The van der Waals surface area contributed by atoms with Gasteiger partial charge in [-0.05, 0) is 88.6 Å². The number of piperazine rings is 1. The second-order valence-electron chi connectivity index (χ2n) is 13.7. The first kappa shape index (κ1) is 33.1. The molecule has 0 aromatic heterocycles. The van der Waals surface area contributed by atoms with Gasteiger partial charge in [0.2, 0.25) is 15.9 Å². The summed E-state index contributed by atoms with van der Waals surface area (Å²) in [6.07, 6.45) is 5.75. The minimum atomic E-state index is -3.72. The highest BCUT2D eigenvalue weighted by Crippen LogP contribution is 2.36. The van der Waals surface area contributed by atoms with Crippen LogP contribution >= 0.6 is 0 Å². The summed E-state index contributed by atoms with van der Waals surface area (Å²) in [5.74, 6) is 1.44. The predicted molar refractivity (Wildman–Crippen MR) is 171 cm³/mol. The van der Waals surface area contributed by atoms with Crippen LogP contribution in [0.1, 0.15) is 77.3 Å². The number of aliphatic imine (C=N–C) groups is 1. The molecule has 5 rings (SSSR count). The average Bonchev–Trinajstić information content (AvgIpc) is 3.27. The van der Waals surface area contributed by atoms with Crippen molar-refractivity contribution >= 4 is 45.6 Å². The Kier molecular flexibility index (Phi) is 9.44. The molecule has 1 N–H and O–H groups in total. The lowest BCUT2D eigenvalue weighted by Crippen LogP contribution is -2.51. The van der Waals surface area contributed by atoms with E-state index in [-0.39, 0.29) is 37.4 Å². The fraction of sp³-hybridized carbons (Fsp3) is 0.625. The Balaban J connectivity index is 1.16. The van der Waals surface area contributed by atoms with Crippen LogP contribution in [0.5, 0.6) is 0 Å². The van der Waals surface area contributed by atoms with Gasteiger partial charge in [0.25, 0.3) is 5.91 Å². The molecule has 3 aliphatic heterocycles. The first-order valence-electron chi connectivity index (χ1n) is 15.8. The number of nitrogens with zero attached hydrogens (tertiary/aromatic N) is 4. The minimum absolute atomic E-state index is 0.102. The molecular weight excluding hydrogens is 598 g/mol. The van der Waals surface area contributed by atoms with Crippen LogP contribution in [0.15, 0.2) is 28.6 Å². The Morgan fingerprint density at radius 1 is 1.07 bits per heavy atom. The number of anilines is 1. The van der Waals surface area contributed by atoms with E-state index in [0.29, 0.717) is 43.1 Å². The van der Waals surface area contributed by atoms with Gasteiger partial charge in [-0.1, -0.05) is 25.8 Å². The fourth-order valence-corrected chi connectivity index (χ4v) is 7.54. The van der Waals surface area contributed by atoms with Gasteiger partial charge in [0.05, 0.1) is 6.54 Å². The Hall–Kier alpha value is -3.29. The highest BCUT2D eigenvalue weighted by molar-refractivity contribution is 7.92. The minimum Gasteiger partial charge on any atom is -0.427 e. The van der Waals surface area contributed by atoms with Gasteiger partial charge < -0.3 is 19.8 Å². The third-order valence-corrected chi connectivity index (χ3v) is 10.6. The number of hydrogen-bond donors (Lipinski definition) is 1. The van der Waals surface area contributed by atoms with E-state index in [1.165, 1.54) is 14.8 Å². The molecule has 13 heteroatoms. The molecule has 1 saturated carbocycles. The van der Waals surface area contributed by atoms with E-state index < -0.39 is 27.3 Å². The van der Waals surface area contributed by atoms with E-state index in [1.54, 1.807) is 43.9 Å². The Morgan fingerprint density at radius 3 is 2.38 bits per heavy atom. The molecule has 12 nitrogen and oxygen atoms in total. The number of sulfonamides is 1. The molecule has 1 aromatic rings. The summed E-state index contributed by atoms with van der Waals surface area (Å²) in [5, 5.41) is 5.52. The van der Waals surface area contributed by atoms with Gasteiger partial charge in [0, 0.05) is 36.6 Å². The number of piperidine rings is 1. The molecule has 4 aliphatic rings. The van der Waals surface area contributed by atoms with Crippen molar-refractivity contribution in [2.45, 2.75) is 84.3 Å². The molecule has 0 radical (unpaired) electrons. The molecule has 0 unspecified atom stereocenters. The van der Waals surface area contributed by atoms with Crippen molar-refractivity contribution in [3.8, 4) is 0 Å². The maximum Gasteiger partial charge on any atom is 0.528 e. The van der Waals surface area contributed by atoms with Crippen molar-refractivity contribution in [3.05, 3.63) is 34.7 Å². The number of hydroxylamine groups is 2.